The number of rotatable bonds is 12. The lowest BCUT2D eigenvalue weighted by Crippen LogP contribution is -2.07. The number of ether oxygens (including phenoxy) is 2. The monoisotopic (exact) mass is 380 g/mol. The zero-order valence-corrected chi connectivity index (χ0v) is 17.2. The molecule has 0 bridgehead atoms. The van der Waals surface area contributed by atoms with Gasteiger partial charge in [0.1, 0.15) is 23.9 Å². The predicted octanol–water partition coefficient (Wildman–Crippen LogP) is 6.37. The van der Waals surface area contributed by atoms with Gasteiger partial charge in [-0.2, -0.15) is 0 Å². The topological polar surface area (TPSA) is 36.3 Å². The summed E-state index contributed by atoms with van der Waals surface area (Å²) in [7, 11) is 1.67. The summed E-state index contributed by atoms with van der Waals surface area (Å²) in [6.07, 6.45) is 9.16. The number of fused-ring (bicyclic) bond motifs is 1. The summed E-state index contributed by atoms with van der Waals surface area (Å²) in [6.45, 7) is 3.73. The first-order valence-corrected chi connectivity index (χ1v) is 10.5. The molecule has 0 amide bonds. The van der Waals surface area contributed by atoms with E-state index in [1.165, 1.54) is 50.5 Å². The van der Waals surface area contributed by atoms with E-state index in [4.69, 9.17) is 14.5 Å². The second kappa shape index (κ2) is 10.7. The maximum Gasteiger partial charge on any atom is 0.147 e. The van der Waals surface area contributed by atoms with Crippen molar-refractivity contribution in [1.82, 2.24) is 9.55 Å². The standard InChI is InChI=1S/C24H32N2O2/c1-3-4-5-6-7-8-11-18-26-23-13-10-9-12-22(23)25-24(26)19-28-21-16-14-20(27-2)15-17-21/h9-10,12-17H,3-8,11,18-19H2,1-2H3. The fraction of sp³-hybridized carbons (Fsp3) is 0.458. The first kappa shape index (κ1) is 20.2. The Morgan fingerprint density at radius 3 is 2.25 bits per heavy atom. The van der Waals surface area contributed by atoms with E-state index in [1.807, 2.05) is 30.3 Å². The van der Waals surface area contributed by atoms with Crippen molar-refractivity contribution >= 4 is 11.0 Å². The molecular weight excluding hydrogens is 348 g/mol. The first-order valence-electron chi connectivity index (χ1n) is 10.5. The van der Waals surface area contributed by atoms with Gasteiger partial charge in [0.2, 0.25) is 0 Å². The van der Waals surface area contributed by atoms with Gasteiger partial charge in [-0.25, -0.2) is 4.98 Å². The summed E-state index contributed by atoms with van der Waals surface area (Å²) in [5.41, 5.74) is 2.24. The maximum absolute atomic E-state index is 5.99. The molecule has 0 saturated heterocycles. The Labute approximate surface area is 168 Å². The molecule has 0 saturated carbocycles. The minimum atomic E-state index is 0.470. The van der Waals surface area contributed by atoms with Crippen LogP contribution in [0, 0.1) is 0 Å². The Hall–Kier alpha value is -2.49. The van der Waals surface area contributed by atoms with Gasteiger partial charge in [0, 0.05) is 6.54 Å². The zero-order valence-electron chi connectivity index (χ0n) is 17.2. The molecule has 1 heterocycles. The number of benzene rings is 2. The molecule has 3 aromatic rings. The van der Waals surface area contributed by atoms with E-state index >= 15 is 0 Å². The van der Waals surface area contributed by atoms with Crippen molar-refractivity contribution in [2.24, 2.45) is 0 Å². The molecule has 2 aromatic carbocycles. The van der Waals surface area contributed by atoms with E-state index < -0.39 is 0 Å². The molecule has 0 aliphatic heterocycles. The SMILES string of the molecule is CCCCCCCCCn1c(COc2ccc(OC)cc2)nc2ccccc21. The van der Waals surface area contributed by atoms with Crippen molar-refractivity contribution < 1.29 is 9.47 Å². The highest BCUT2D eigenvalue weighted by Gasteiger charge is 2.11. The third-order valence-corrected chi connectivity index (χ3v) is 5.15. The van der Waals surface area contributed by atoms with E-state index in [0.29, 0.717) is 6.61 Å². The van der Waals surface area contributed by atoms with Crippen LogP contribution in [0.15, 0.2) is 48.5 Å². The lowest BCUT2D eigenvalue weighted by Gasteiger charge is -2.11. The molecule has 0 unspecified atom stereocenters. The number of para-hydroxylation sites is 2. The average Bonchev–Trinajstić information content (AvgIpc) is 3.09. The van der Waals surface area contributed by atoms with Crippen LogP contribution in [-0.4, -0.2) is 16.7 Å². The molecule has 0 radical (unpaired) electrons. The van der Waals surface area contributed by atoms with Gasteiger partial charge in [-0.1, -0.05) is 57.6 Å². The molecule has 4 nitrogen and oxygen atoms in total. The highest BCUT2D eigenvalue weighted by Crippen LogP contribution is 2.21. The van der Waals surface area contributed by atoms with Crippen molar-refractivity contribution in [3.05, 3.63) is 54.4 Å². The molecule has 3 rings (SSSR count). The fourth-order valence-electron chi connectivity index (χ4n) is 3.53. The lowest BCUT2D eigenvalue weighted by atomic mass is 10.1. The second-order valence-corrected chi connectivity index (χ2v) is 7.25. The second-order valence-electron chi connectivity index (χ2n) is 7.25. The van der Waals surface area contributed by atoms with Gasteiger partial charge in [0.05, 0.1) is 18.1 Å². The predicted molar refractivity (Wildman–Crippen MR) is 115 cm³/mol. The minimum Gasteiger partial charge on any atom is -0.497 e. The number of aryl methyl sites for hydroxylation is 1. The number of nitrogens with zero attached hydrogens (tertiary/aromatic N) is 2. The number of hydrogen-bond acceptors (Lipinski definition) is 3. The molecule has 4 heteroatoms. The van der Waals surface area contributed by atoms with Gasteiger partial charge in [0.25, 0.3) is 0 Å². The Balaban J connectivity index is 1.61. The van der Waals surface area contributed by atoms with Crippen LogP contribution >= 0.6 is 0 Å². The van der Waals surface area contributed by atoms with Crippen molar-refractivity contribution in [3.63, 3.8) is 0 Å². The molecule has 1 aromatic heterocycles. The third kappa shape index (κ3) is 5.51. The van der Waals surface area contributed by atoms with Gasteiger partial charge in [0.15, 0.2) is 0 Å². The highest BCUT2D eigenvalue weighted by atomic mass is 16.5. The van der Waals surface area contributed by atoms with Crippen LogP contribution < -0.4 is 9.47 Å². The first-order chi connectivity index (χ1) is 13.8. The molecule has 0 N–H and O–H groups in total. The van der Waals surface area contributed by atoms with Crippen LogP contribution in [0.1, 0.15) is 57.7 Å². The molecule has 0 atom stereocenters. The quantitative estimate of drug-likeness (QED) is 0.342. The zero-order chi connectivity index (χ0) is 19.6. The number of aromatic nitrogens is 2. The molecule has 150 valence electrons. The van der Waals surface area contributed by atoms with Crippen molar-refractivity contribution in [2.75, 3.05) is 7.11 Å². The normalized spacial score (nSPS) is 11.1. The van der Waals surface area contributed by atoms with Gasteiger partial charge >= 0.3 is 0 Å². The van der Waals surface area contributed by atoms with Gasteiger partial charge < -0.3 is 14.0 Å². The van der Waals surface area contributed by atoms with Crippen molar-refractivity contribution in [1.29, 1.82) is 0 Å². The molecule has 0 aliphatic rings. The molecule has 0 aliphatic carbocycles. The molecular formula is C24H32N2O2. The largest absolute Gasteiger partial charge is 0.497 e. The fourth-order valence-corrected chi connectivity index (χ4v) is 3.53. The summed E-state index contributed by atoms with van der Waals surface area (Å²) >= 11 is 0. The summed E-state index contributed by atoms with van der Waals surface area (Å²) in [5, 5.41) is 0. The highest BCUT2D eigenvalue weighted by molar-refractivity contribution is 5.75. The molecule has 0 spiro atoms. The molecule has 28 heavy (non-hydrogen) atoms. The van der Waals surface area contributed by atoms with Crippen LogP contribution in [0.5, 0.6) is 11.5 Å². The Kier molecular flexibility index (Phi) is 7.77. The van der Waals surface area contributed by atoms with Crippen LogP contribution in [0.3, 0.4) is 0 Å². The van der Waals surface area contributed by atoms with Crippen LogP contribution in [0.4, 0.5) is 0 Å². The van der Waals surface area contributed by atoms with Crippen LogP contribution in [0.25, 0.3) is 11.0 Å². The van der Waals surface area contributed by atoms with E-state index in [0.717, 1.165) is 29.4 Å². The van der Waals surface area contributed by atoms with E-state index in [1.54, 1.807) is 7.11 Å². The van der Waals surface area contributed by atoms with Gasteiger partial charge in [-0.05, 0) is 42.8 Å². The Morgan fingerprint density at radius 1 is 0.821 bits per heavy atom. The number of unbranched alkanes of at least 4 members (excludes halogenated alkanes) is 6. The third-order valence-electron chi connectivity index (χ3n) is 5.15. The maximum atomic E-state index is 5.99. The summed E-state index contributed by atoms with van der Waals surface area (Å²) in [5.74, 6) is 2.65. The lowest BCUT2D eigenvalue weighted by molar-refractivity contribution is 0.289. The Bertz CT molecular complexity index is 839. The van der Waals surface area contributed by atoms with Gasteiger partial charge in [-0.15, -0.1) is 0 Å². The van der Waals surface area contributed by atoms with E-state index in [2.05, 4.69) is 29.7 Å². The minimum absolute atomic E-state index is 0.470. The Morgan fingerprint density at radius 2 is 1.50 bits per heavy atom. The molecule has 0 fully saturated rings. The van der Waals surface area contributed by atoms with Crippen LogP contribution in [-0.2, 0) is 13.2 Å². The average molecular weight is 381 g/mol. The van der Waals surface area contributed by atoms with Crippen LogP contribution in [0.2, 0.25) is 0 Å². The van der Waals surface area contributed by atoms with Crippen molar-refractivity contribution in [2.45, 2.75) is 65.0 Å². The van der Waals surface area contributed by atoms with E-state index in [-0.39, 0.29) is 0 Å². The van der Waals surface area contributed by atoms with Crippen molar-refractivity contribution in [3.8, 4) is 11.5 Å². The summed E-state index contributed by atoms with van der Waals surface area (Å²) in [4.78, 5) is 4.81. The smallest absolute Gasteiger partial charge is 0.147 e. The van der Waals surface area contributed by atoms with Gasteiger partial charge in [-0.3, -0.25) is 0 Å². The number of imidazole rings is 1. The number of hydrogen-bond donors (Lipinski definition) is 0. The van der Waals surface area contributed by atoms with E-state index in [9.17, 15) is 0 Å². The number of methoxy groups -OCH3 is 1. The summed E-state index contributed by atoms with van der Waals surface area (Å²) in [6, 6.07) is 16.0. The summed E-state index contributed by atoms with van der Waals surface area (Å²) < 4.78 is 13.5.